The van der Waals surface area contributed by atoms with E-state index in [-0.39, 0.29) is 5.97 Å². The topological polar surface area (TPSA) is 72.5 Å². The van der Waals surface area contributed by atoms with Crippen LogP contribution >= 0.6 is 0 Å². The lowest BCUT2D eigenvalue weighted by molar-refractivity contribution is -0.133. The van der Waals surface area contributed by atoms with Gasteiger partial charge < -0.3 is 25.0 Å². The summed E-state index contributed by atoms with van der Waals surface area (Å²) in [5, 5.41) is 0. The summed E-state index contributed by atoms with van der Waals surface area (Å²) in [5.41, 5.74) is 0. The van der Waals surface area contributed by atoms with Crippen LogP contribution < -0.4 is 0 Å². The molecule has 93 heavy (non-hydrogen) atoms. The molecule has 558 valence electrons. The maximum atomic E-state index is 14.1. The van der Waals surface area contributed by atoms with Crippen molar-refractivity contribution in [2.75, 3.05) is 0 Å². The van der Waals surface area contributed by atoms with Crippen LogP contribution in [0.5, 0.6) is 0 Å². The zero-order valence-electron chi connectivity index (χ0n) is 66.3. The molecule has 0 spiro atoms. The third kappa shape index (κ3) is 47.4. The second kappa shape index (κ2) is 63.5. The first-order chi connectivity index (χ1) is 45.2. The van der Waals surface area contributed by atoms with E-state index in [1.54, 1.807) is 6.92 Å². The fraction of sp³-hybridized carbons (Fsp3) is 0.988. The summed E-state index contributed by atoms with van der Waals surface area (Å²) < 4.78 is 52.5. The molecule has 0 unspecified atom stereocenters. The molecule has 0 atom stereocenters. The highest BCUT2D eigenvalue weighted by molar-refractivity contribution is 6.93. The molecule has 7 nitrogen and oxygen atoms in total. The highest BCUT2D eigenvalue weighted by Gasteiger charge is 2.59. The minimum absolute atomic E-state index is 0.134. The second-order valence-electron chi connectivity index (χ2n) is 30.4. The minimum Gasteiger partial charge on any atom is -0.495 e. The van der Waals surface area contributed by atoms with E-state index in [1.807, 2.05) is 0 Å². The molecule has 0 aliphatic rings. The maximum Gasteiger partial charge on any atom is 0.392 e. The maximum absolute atomic E-state index is 14.1. The van der Waals surface area contributed by atoms with Crippen LogP contribution in [-0.4, -0.2) is 57.1 Å². The molecular formula is C80H172O7Si6. The Labute approximate surface area is 592 Å². The molecular weight excluding hydrogens is 1240 g/mol. The van der Waals surface area contributed by atoms with E-state index in [0.29, 0.717) is 0 Å². The fourth-order valence-corrected chi connectivity index (χ4v) is 53.3. The molecule has 13 heteroatoms. The predicted molar refractivity (Wildman–Crippen MR) is 428 cm³/mol. The van der Waals surface area contributed by atoms with Crippen LogP contribution in [0.4, 0.5) is 0 Å². The fourth-order valence-electron chi connectivity index (χ4n) is 15.1. The first-order valence-corrected chi connectivity index (χ1v) is 56.6. The zero-order chi connectivity index (χ0) is 68.8. The van der Waals surface area contributed by atoms with Gasteiger partial charge in [0.1, 0.15) is 0 Å². The lowest BCUT2D eigenvalue weighted by atomic mass is 10.2. The molecule has 0 radical (unpaired) electrons. The van der Waals surface area contributed by atoms with Gasteiger partial charge in [0.25, 0.3) is 5.97 Å². The lowest BCUT2D eigenvalue weighted by Crippen LogP contribution is -2.66. The van der Waals surface area contributed by atoms with E-state index in [0.717, 1.165) is 112 Å². The molecule has 0 saturated heterocycles. The zero-order valence-corrected chi connectivity index (χ0v) is 72.3. The molecule has 0 bridgehead atoms. The van der Waals surface area contributed by atoms with Crippen molar-refractivity contribution in [2.24, 2.45) is 0 Å². The standard InChI is InChI=1S/C80H172O7Si6/c1-15-28-41-54-67-88(68-55-42-29-16-2,69-56-43-30-17-3)83-90(72-59-46-33-20-6,73-60-47-34-21-7)85-92(76-63-50-37-24-10,77-64-51-38-25-11)87-93(78-65-52-39-26-12,79-66-53-40-27-13)86-91(74-61-48-35-22-8,75-62-49-36-23-9)84-89(82-80(14)81,70-57-44-31-18-4)71-58-45-32-19-5/h15-79H2,1-14H3. The minimum atomic E-state index is -3.27. The Hall–Kier alpha value is 0.571. The van der Waals surface area contributed by atoms with E-state index in [1.165, 1.54) is 301 Å². The first kappa shape index (κ1) is 93.6. The number of carbonyl (C=O) groups is 1. The number of carbonyl (C=O) groups excluding carboxylic acids is 1. The predicted octanol–water partition coefficient (Wildman–Crippen LogP) is 30.3. The van der Waals surface area contributed by atoms with Gasteiger partial charge >= 0.3 is 42.8 Å². The summed E-state index contributed by atoms with van der Waals surface area (Å²) in [6, 6.07) is 14.2. The van der Waals surface area contributed by atoms with Crippen molar-refractivity contribution < 1.29 is 29.8 Å². The van der Waals surface area contributed by atoms with Crippen molar-refractivity contribution in [2.45, 2.75) is 509 Å². The van der Waals surface area contributed by atoms with Crippen molar-refractivity contribution in [3.63, 3.8) is 0 Å². The van der Waals surface area contributed by atoms with Gasteiger partial charge in [-0.3, -0.25) is 4.79 Å². The van der Waals surface area contributed by atoms with Crippen LogP contribution in [0.1, 0.15) is 431 Å². The van der Waals surface area contributed by atoms with Crippen LogP contribution in [0.3, 0.4) is 0 Å². The van der Waals surface area contributed by atoms with Gasteiger partial charge in [-0.15, -0.1) is 0 Å². The van der Waals surface area contributed by atoms with E-state index in [2.05, 4.69) is 90.0 Å². The van der Waals surface area contributed by atoms with Crippen LogP contribution in [0, 0.1) is 0 Å². The Morgan fingerprint density at radius 2 is 0.323 bits per heavy atom. The quantitative estimate of drug-likeness (QED) is 0.0444. The van der Waals surface area contributed by atoms with Gasteiger partial charge in [0.2, 0.25) is 0 Å². The van der Waals surface area contributed by atoms with E-state index in [4.69, 9.17) is 16.8 Å². The summed E-state index contributed by atoms with van der Waals surface area (Å²) in [4.78, 5) is 14.1. The third-order valence-corrected chi connectivity index (χ3v) is 51.5. The average Bonchev–Trinajstić information content (AvgIpc) is 0.773. The van der Waals surface area contributed by atoms with Gasteiger partial charge in [0, 0.05) is 19.0 Å². The van der Waals surface area contributed by atoms with Crippen molar-refractivity contribution >= 4 is 57.1 Å². The van der Waals surface area contributed by atoms with Crippen molar-refractivity contribution in [3.05, 3.63) is 0 Å². The molecule has 0 saturated carbocycles. The number of hydrogen-bond acceptors (Lipinski definition) is 7. The van der Waals surface area contributed by atoms with Crippen LogP contribution in [0.15, 0.2) is 0 Å². The number of hydrogen-bond donors (Lipinski definition) is 0. The van der Waals surface area contributed by atoms with Gasteiger partial charge in [0.15, 0.2) is 8.32 Å². The van der Waals surface area contributed by atoms with Gasteiger partial charge in [0.05, 0.1) is 0 Å². The summed E-state index contributed by atoms with van der Waals surface area (Å²) in [6.45, 7) is 32.7. The monoisotopic (exact) mass is 1410 g/mol. The van der Waals surface area contributed by atoms with Gasteiger partial charge in [-0.25, -0.2) is 0 Å². The smallest absolute Gasteiger partial charge is 0.392 e. The number of unbranched alkanes of at least 4 members (excludes halogenated alkanes) is 39. The highest BCUT2D eigenvalue weighted by Crippen LogP contribution is 2.46. The Morgan fingerprint density at radius 1 is 0.183 bits per heavy atom. The molecule has 0 aliphatic heterocycles. The first-order valence-electron chi connectivity index (χ1n) is 42.9. The van der Waals surface area contributed by atoms with Crippen molar-refractivity contribution in [1.29, 1.82) is 0 Å². The molecule has 0 heterocycles. The molecule has 0 amide bonds. The Morgan fingerprint density at radius 3 is 0.484 bits per heavy atom. The van der Waals surface area contributed by atoms with Crippen molar-refractivity contribution in [3.8, 4) is 0 Å². The molecule has 0 fully saturated rings. The van der Waals surface area contributed by atoms with Gasteiger partial charge in [-0.1, -0.05) is 424 Å². The van der Waals surface area contributed by atoms with Crippen molar-refractivity contribution in [1.82, 2.24) is 0 Å². The number of rotatable bonds is 76. The molecule has 0 aromatic heterocycles. The Balaban J connectivity index is 10.0. The highest BCUT2D eigenvalue weighted by atomic mass is 28.5. The van der Waals surface area contributed by atoms with Gasteiger partial charge in [-0.2, -0.15) is 0 Å². The Kier molecular flexibility index (Phi) is 63.9. The molecule has 0 aliphatic carbocycles. The largest absolute Gasteiger partial charge is 0.495 e. The summed E-state index contributed by atoms with van der Waals surface area (Å²) in [6.07, 6.45) is 64.2. The van der Waals surface area contributed by atoms with E-state index < -0.39 is 51.1 Å². The third-order valence-electron chi connectivity index (χ3n) is 20.8. The SMILES string of the molecule is CCCCCC[Si](CCCCCC)(CCCCCC)O[Si](CCCCCC)(CCCCCC)O[Si](CCCCCC)(CCCCCC)O[Si](CCCCCC)(CCCCCC)O[Si](CCCCCC)(CCCCCC)O[Si](CCCCCC)(CCCCCC)OC(C)=O. The molecule has 0 aromatic carbocycles. The second-order valence-corrected chi connectivity index (χ2v) is 52.6. The summed E-state index contributed by atoms with van der Waals surface area (Å²) in [5.74, 6) is -0.134. The normalized spacial score (nSPS) is 12.9. The summed E-state index contributed by atoms with van der Waals surface area (Å²) >= 11 is 0. The lowest BCUT2D eigenvalue weighted by Gasteiger charge is -2.51. The Bertz CT molecular complexity index is 1500. The molecule has 0 N–H and O–H groups in total. The molecule has 0 aromatic rings. The summed E-state index contributed by atoms with van der Waals surface area (Å²) in [7, 11) is -18.3. The van der Waals surface area contributed by atoms with E-state index in [9.17, 15) is 13.0 Å². The van der Waals surface area contributed by atoms with Crippen LogP contribution in [0.25, 0.3) is 0 Å². The van der Waals surface area contributed by atoms with E-state index >= 15 is 0 Å². The average molecular weight is 1410 g/mol. The van der Waals surface area contributed by atoms with Crippen LogP contribution in [0.2, 0.25) is 78.6 Å². The molecule has 0 rings (SSSR count). The van der Waals surface area contributed by atoms with Gasteiger partial charge in [-0.05, 0) is 66.5 Å². The van der Waals surface area contributed by atoms with Crippen LogP contribution in [-0.2, 0) is 29.8 Å².